The highest BCUT2D eigenvalue weighted by Gasteiger charge is 2.31. The molecule has 0 bridgehead atoms. The van der Waals surface area contributed by atoms with Gasteiger partial charge < -0.3 is 9.47 Å². The maximum atomic E-state index is 13.0. The lowest BCUT2D eigenvalue weighted by Gasteiger charge is -2.42. The van der Waals surface area contributed by atoms with Crippen LogP contribution in [0, 0.1) is 18.8 Å². The van der Waals surface area contributed by atoms with Crippen molar-refractivity contribution in [3.63, 3.8) is 0 Å². The Balaban J connectivity index is 1.29. The molecule has 194 valence electrons. The second-order valence-corrected chi connectivity index (χ2v) is 13.0. The lowest BCUT2D eigenvalue weighted by atomic mass is 9.79. The van der Waals surface area contributed by atoms with E-state index in [1.807, 2.05) is 19.1 Å². The van der Waals surface area contributed by atoms with Crippen LogP contribution in [0.4, 0.5) is 0 Å². The summed E-state index contributed by atoms with van der Waals surface area (Å²) in [5, 5.41) is 1.18. The molecule has 5 nitrogen and oxygen atoms in total. The Labute approximate surface area is 216 Å². The quantitative estimate of drug-likeness (QED) is 0.409. The van der Waals surface area contributed by atoms with Crippen LogP contribution in [-0.4, -0.2) is 37.0 Å². The molecule has 0 radical (unpaired) electrons. The maximum absolute atomic E-state index is 13.0. The van der Waals surface area contributed by atoms with Crippen LogP contribution in [0.1, 0.15) is 69.7 Å². The average molecular weight is 508 g/mol. The third-order valence-electron chi connectivity index (χ3n) is 8.67. The van der Waals surface area contributed by atoms with Gasteiger partial charge in [0.2, 0.25) is 10.0 Å². The molecule has 2 aromatic carbocycles. The van der Waals surface area contributed by atoms with Gasteiger partial charge in [0.25, 0.3) is 0 Å². The molecule has 0 atom stereocenters. The van der Waals surface area contributed by atoms with E-state index in [0.29, 0.717) is 17.5 Å². The van der Waals surface area contributed by atoms with Crippen molar-refractivity contribution < 1.29 is 8.42 Å². The lowest BCUT2D eigenvalue weighted by molar-refractivity contribution is 0.0889. The number of rotatable bonds is 7. The van der Waals surface area contributed by atoms with E-state index in [1.165, 1.54) is 36.6 Å². The van der Waals surface area contributed by atoms with Crippen molar-refractivity contribution in [1.82, 2.24) is 14.2 Å². The van der Waals surface area contributed by atoms with E-state index in [4.69, 9.17) is 0 Å². The van der Waals surface area contributed by atoms with Gasteiger partial charge in [0.15, 0.2) is 0 Å². The summed E-state index contributed by atoms with van der Waals surface area (Å²) in [5.74, 6) is 1.71. The minimum Gasteiger partial charge on any atom is -0.340 e. The molecule has 2 fully saturated rings. The van der Waals surface area contributed by atoms with Crippen molar-refractivity contribution in [3.05, 3.63) is 65.9 Å². The molecule has 0 spiro atoms. The number of likely N-dealkylation sites (tertiary alicyclic amines) is 1. The van der Waals surface area contributed by atoms with Crippen LogP contribution in [0.2, 0.25) is 0 Å². The van der Waals surface area contributed by atoms with Gasteiger partial charge in [0, 0.05) is 36.4 Å². The lowest BCUT2D eigenvalue weighted by Crippen LogP contribution is -2.44. The van der Waals surface area contributed by atoms with E-state index in [-0.39, 0.29) is 0 Å². The summed E-state index contributed by atoms with van der Waals surface area (Å²) in [6.45, 7) is 9.26. The smallest absolute Gasteiger partial charge is 0.240 e. The number of hydrogen-bond acceptors (Lipinski definition) is 3. The SMILES string of the molecule is Cc1ccc(S(=O)(=O)NCc2cc3ccccc3n2C2CCN([C@H]3CC[C@@H](C(C)C)CC3)CC2)cc1. The van der Waals surface area contributed by atoms with E-state index in [0.717, 1.165) is 55.1 Å². The van der Waals surface area contributed by atoms with Crippen LogP contribution in [-0.2, 0) is 16.6 Å². The molecule has 1 N–H and O–H groups in total. The highest BCUT2D eigenvalue weighted by atomic mass is 32.2. The highest BCUT2D eigenvalue weighted by Crippen LogP contribution is 2.36. The van der Waals surface area contributed by atoms with Gasteiger partial charge in [-0.3, -0.25) is 0 Å². The van der Waals surface area contributed by atoms with Crippen molar-refractivity contribution in [2.24, 2.45) is 11.8 Å². The molecular weight excluding hydrogens is 466 g/mol. The molecule has 1 saturated heterocycles. The number of benzene rings is 2. The molecule has 2 heterocycles. The third-order valence-corrected chi connectivity index (χ3v) is 10.1. The summed E-state index contributed by atoms with van der Waals surface area (Å²) >= 11 is 0. The van der Waals surface area contributed by atoms with Crippen molar-refractivity contribution in [3.8, 4) is 0 Å². The first kappa shape index (κ1) is 25.5. The van der Waals surface area contributed by atoms with Crippen LogP contribution in [0.25, 0.3) is 10.9 Å². The fourth-order valence-corrected chi connectivity index (χ4v) is 7.41. The first-order chi connectivity index (χ1) is 17.3. The van der Waals surface area contributed by atoms with Gasteiger partial charge in [0.05, 0.1) is 11.4 Å². The predicted molar refractivity (Wildman–Crippen MR) is 148 cm³/mol. The predicted octanol–water partition coefficient (Wildman–Crippen LogP) is 6.28. The van der Waals surface area contributed by atoms with Crippen LogP contribution in [0.15, 0.2) is 59.5 Å². The largest absolute Gasteiger partial charge is 0.340 e. The average Bonchev–Trinajstić information content (AvgIpc) is 3.26. The molecule has 1 aromatic heterocycles. The van der Waals surface area contributed by atoms with Gasteiger partial charge in [-0.2, -0.15) is 0 Å². The standard InChI is InChI=1S/C30H41N3O2S/c1-22(2)24-10-12-26(13-11-24)32-18-16-27(17-19-32)33-28(20-25-6-4-5-7-30(25)33)21-31-36(34,35)29-14-8-23(3)9-15-29/h4-9,14-15,20,22,24,26-27,31H,10-13,16-19,21H2,1-3H3/t24-,26+. The van der Waals surface area contributed by atoms with Crippen LogP contribution in [0.5, 0.6) is 0 Å². The van der Waals surface area contributed by atoms with Crippen molar-refractivity contribution >= 4 is 20.9 Å². The highest BCUT2D eigenvalue weighted by molar-refractivity contribution is 7.89. The molecular formula is C30H41N3O2S. The van der Waals surface area contributed by atoms with Crippen LogP contribution < -0.4 is 4.72 Å². The molecule has 1 saturated carbocycles. The zero-order chi connectivity index (χ0) is 25.3. The summed E-state index contributed by atoms with van der Waals surface area (Å²) in [7, 11) is -3.57. The molecule has 6 heteroatoms. The van der Waals surface area contributed by atoms with Crippen molar-refractivity contribution in [1.29, 1.82) is 0 Å². The summed E-state index contributed by atoms with van der Waals surface area (Å²) in [6.07, 6.45) is 7.64. The molecule has 1 aliphatic heterocycles. The number of sulfonamides is 1. The molecule has 2 aliphatic rings. The Morgan fingerprint density at radius 3 is 2.22 bits per heavy atom. The summed E-state index contributed by atoms with van der Waals surface area (Å²) in [5.41, 5.74) is 3.30. The summed E-state index contributed by atoms with van der Waals surface area (Å²) in [6, 6.07) is 18.8. The fraction of sp³-hybridized carbons (Fsp3) is 0.533. The zero-order valence-corrected chi connectivity index (χ0v) is 22.8. The number of hydrogen-bond donors (Lipinski definition) is 1. The normalized spacial score (nSPS) is 22.4. The van der Waals surface area contributed by atoms with E-state index < -0.39 is 10.0 Å². The topological polar surface area (TPSA) is 54.3 Å². The monoisotopic (exact) mass is 507 g/mol. The number of piperidine rings is 1. The molecule has 0 amide bonds. The Bertz CT molecular complexity index is 1260. The molecule has 5 rings (SSSR count). The third kappa shape index (κ3) is 5.41. The minimum absolute atomic E-state index is 0.296. The number of aromatic nitrogens is 1. The number of nitrogens with zero attached hydrogens (tertiary/aromatic N) is 2. The second kappa shape index (κ2) is 10.7. The van der Waals surface area contributed by atoms with Gasteiger partial charge in [0.1, 0.15) is 0 Å². The van der Waals surface area contributed by atoms with Gasteiger partial charge in [-0.1, -0.05) is 49.7 Å². The molecule has 0 unspecified atom stereocenters. The Hall–Kier alpha value is -2.15. The number of nitrogens with one attached hydrogen (secondary N) is 1. The van der Waals surface area contributed by atoms with E-state index in [9.17, 15) is 8.42 Å². The number of aryl methyl sites for hydroxylation is 1. The summed E-state index contributed by atoms with van der Waals surface area (Å²) in [4.78, 5) is 3.05. The first-order valence-corrected chi connectivity index (χ1v) is 15.2. The fourth-order valence-electron chi connectivity index (χ4n) is 6.41. The zero-order valence-electron chi connectivity index (χ0n) is 22.0. The Morgan fingerprint density at radius 2 is 1.56 bits per heavy atom. The summed E-state index contributed by atoms with van der Waals surface area (Å²) < 4.78 is 31.2. The van der Waals surface area contributed by atoms with Gasteiger partial charge in [-0.05, 0) is 86.9 Å². The molecule has 36 heavy (non-hydrogen) atoms. The second-order valence-electron chi connectivity index (χ2n) is 11.3. The van der Waals surface area contributed by atoms with E-state index in [1.54, 1.807) is 12.1 Å². The Kier molecular flexibility index (Phi) is 7.57. The first-order valence-electron chi connectivity index (χ1n) is 13.7. The van der Waals surface area contributed by atoms with Crippen LogP contribution in [0.3, 0.4) is 0 Å². The van der Waals surface area contributed by atoms with Gasteiger partial charge >= 0.3 is 0 Å². The van der Waals surface area contributed by atoms with Gasteiger partial charge in [-0.25, -0.2) is 13.1 Å². The van der Waals surface area contributed by atoms with Crippen LogP contribution >= 0.6 is 0 Å². The number of fused-ring (bicyclic) bond motifs is 1. The number of para-hydroxylation sites is 1. The minimum atomic E-state index is -3.57. The van der Waals surface area contributed by atoms with Crippen molar-refractivity contribution in [2.75, 3.05) is 13.1 Å². The maximum Gasteiger partial charge on any atom is 0.240 e. The van der Waals surface area contributed by atoms with E-state index >= 15 is 0 Å². The van der Waals surface area contributed by atoms with Gasteiger partial charge in [-0.15, -0.1) is 0 Å². The van der Waals surface area contributed by atoms with Crippen molar-refractivity contribution in [2.45, 2.75) is 82.8 Å². The Morgan fingerprint density at radius 1 is 0.889 bits per heavy atom. The molecule has 3 aromatic rings. The molecule has 1 aliphatic carbocycles. The van der Waals surface area contributed by atoms with E-state index in [2.05, 4.69) is 58.4 Å².